The van der Waals surface area contributed by atoms with Gasteiger partial charge < -0.3 is 9.47 Å². The number of ketones is 1. The molecule has 0 fully saturated rings. The highest BCUT2D eigenvalue weighted by molar-refractivity contribution is 6.14. The second kappa shape index (κ2) is 6.84. The van der Waals surface area contributed by atoms with Gasteiger partial charge in [0.1, 0.15) is 23.9 Å². The largest absolute Gasteiger partial charge is 0.489 e. The molecule has 0 aliphatic carbocycles. The first-order valence-electron chi connectivity index (χ1n) is 8.20. The van der Waals surface area contributed by atoms with E-state index in [4.69, 9.17) is 9.47 Å². The number of fused-ring (bicyclic) bond motifs is 1. The van der Waals surface area contributed by atoms with Crippen molar-refractivity contribution >= 4 is 11.9 Å². The van der Waals surface area contributed by atoms with E-state index >= 15 is 0 Å². The van der Waals surface area contributed by atoms with Gasteiger partial charge in [0.15, 0.2) is 5.76 Å². The smallest absolute Gasteiger partial charge is 0.231 e. The summed E-state index contributed by atoms with van der Waals surface area (Å²) in [6, 6.07) is 20.9. The highest BCUT2D eigenvalue weighted by atomic mass is 19.1. The molecule has 0 bridgehead atoms. The van der Waals surface area contributed by atoms with Crippen molar-refractivity contribution in [2.24, 2.45) is 0 Å². The van der Waals surface area contributed by atoms with Crippen LogP contribution in [0.5, 0.6) is 11.5 Å². The quantitative estimate of drug-likeness (QED) is 0.622. The fraction of sp³-hybridized carbons (Fsp3) is 0.0455. The van der Waals surface area contributed by atoms with E-state index in [0.29, 0.717) is 29.2 Å². The van der Waals surface area contributed by atoms with Gasteiger partial charge in [-0.15, -0.1) is 0 Å². The number of hydrogen-bond donors (Lipinski definition) is 0. The molecule has 0 spiro atoms. The maximum atomic E-state index is 13.3. The summed E-state index contributed by atoms with van der Waals surface area (Å²) in [7, 11) is 0. The van der Waals surface area contributed by atoms with Gasteiger partial charge in [-0.3, -0.25) is 4.79 Å². The number of ether oxygens (including phenoxy) is 2. The van der Waals surface area contributed by atoms with E-state index in [2.05, 4.69) is 0 Å². The maximum Gasteiger partial charge on any atom is 0.231 e. The van der Waals surface area contributed by atoms with Crippen LogP contribution in [-0.4, -0.2) is 5.78 Å². The van der Waals surface area contributed by atoms with Crippen molar-refractivity contribution in [3.63, 3.8) is 0 Å². The Bertz CT molecular complexity index is 993. The Balaban J connectivity index is 1.53. The molecule has 0 amide bonds. The minimum atomic E-state index is -0.362. The van der Waals surface area contributed by atoms with Gasteiger partial charge in [0.25, 0.3) is 0 Å². The number of benzene rings is 3. The van der Waals surface area contributed by atoms with E-state index in [1.165, 1.54) is 18.2 Å². The highest BCUT2D eigenvalue weighted by Gasteiger charge is 2.27. The number of carbonyl (C=O) groups is 1. The molecule has 128 valence electrons. The fourth-order valence-electron chi connectivity index (χ4n) is 2.75. The standard InChI is InChI=1S/C22H15FO3/c23-17-8-4-7-16(11-17)12-21-22(24)19-10-9-18(13-20(19)26-21)25-14-15-5-2-1-3-6-15/h1-13H,14H2/b21-12+. The summed E-state index contributed by atoms with van der Waals surface area (Å²) in [6.45, 7) is 0.430. The van der Waals surface area contributed by atoms with Crippen LogP contribution in [-0.2, 0) is 6.61 Å². The lowest BCUT2D eigenvalue weighted by Gasteiger charge is -2.07. The molecule has 4 heteroatoms. The third-order valence-corrected chi connectivity index (χ3v) is 4.04. The zero-order valence-corrected chi connectivity index (χ0v) is 13.8. The van der Waals surface area contributed by atoms with Crippen LogP contribution < -0.4 is 9.47 Å². The minimum absolute atomic E-state index is 0.172. The lowest BCUT2D eigenvalue weighted by molar-refractivity contribution is 0.101. The number of carbonyl (C=O) groups excluding carboxylic acids is 1. The number of Topliss-reactive ketones (excluding diaryl/α,β-unsaturated/α-hetero) is 1. The predicted octanol–water partition coefficient (Wildman–Crippen LogP) is 5.02. The van der Waals surface area contributed by atoms with E-state index in [9.17, 15) is 9.18 Å². The summed E-state index contributed by atoms with van der Waals surface area (Å²) >= 11 is 0. The van der Waals surface area contributed by atoms with Crippen LogP contribution in [0.15, 0.2) is 78.6 Å². The molecule has 4 rings (SSSR count). The summed E-state index contributed by atoms with van der Waals surface area (Å²) < 4.78 is 24.7. The molecule has 1 heterocycles. The van der Waals surface area contributed by atoms with Crippen LogP contribution >= 0.6 is 0 Å². The molecule has 0 N–H and O–H groups in total. The first kappa shape index (κ1) is 16.1. The molecular weight excluding hydrogens is 331 g/mol. The first-order valence-corrected chi connectivity index (χ1v) is 8.20. The van der Waals surface area contributed by atoms with E-state index in [1.54, 1.807) is 30.3 Å². The Labute approximate surface area is 150 Å². The van der Waals surface area contributed by atoms with E-state index in [0.717, 1.165) is 5.56 Å². The van der Waals surface area contributed by atoms with Crippen molar-refractivity contribution in [2.75, 3.05) is 0 Å². The maximum absolute atomic E-state index is 13.3. The summed E-state index contributed by atoms with van der Waals surface area (Å²) in [5.74, 6) is 0.652. The number of halogens is 1. The summed E-state index contributed by atoms with van der Waals surface area (Å²) in [4.78, 5) is 12.4. The van der Waals surface area contributed by atoms with Crippen molar-refractivity contribution in [1.82, 2.24) is 0 Å². The van der Waals surface area contributed by atoms with Gasteiger partial charge in [0.2, 0.25) is 5.78 Å². The average molecular weight is 346 g/mol. The number of rotatable bonds is 4. The Kier molecular flexibility index (Phi) is 4.23. The monoisotopic (exact) mass is 346 g/mol. The molecule has 0 atom stereocenters. The lowest BCUT2D eigenvalue weighted by atomic mass is 10.1. The second-order valence-corrected chi connectivity index (χ2v) is 5.93. The van der Waals surface area contributed by atoms with Crippen LogP contribution in [0.4, 0.5) is 4.39 Å². The normalized spacial score (nSPS) is 14.2. The molecule has 3 aromatic rings. The third-order valence-electron chi connectivity index (χ3n) is 4.04. The van der Waals surface area contributed by atoms with Crippen LogP contribution in [0.1, 0.15) is 21.5 Å². The Hall–Kier alpha value is -3.40. The topological polar surface area (TPSA) is 35.5 Å². The summed E-state index contributed by atoms with van der Waals surface area (Å²) in [6.07, 6.45) is 1.54. The Morgan fingerprint density at radius 2 is 1.81 bits per heavy atom. The van der Waals surface area contributed by atoms with E-state index < -0.39 is 0 Å². The average Bonchev–Trinajstić information content (AvgIpc) is 2.96. The van der Waals surface area contributed by atoms with Crippen LogP contribution in [0.2, 0.25) is 0 Å². The molecule has 3 aromatic carbocycles. The summed E-state index contributed by atoms with van der Waals surface area (Å²) in [5.41, 5.74) is 2.10. The zero-order valence-electron chi connectivity index (χ0n) is 13.8. The lowest BCUT2D eigenvalue weighted by Crippen LogP contribution is -1.98. The Morgan fingerprint density at radius 1 is 0.962 bits per heavy atom. The van der Waals surface area contributed by atoms with Crippen molar-refractivity contribution in [3.8, 4) is 11.5 Å². The SMILES string of the molecule is O=C1/C(=C\c2cccc(F)c2)Oc2cc(OCc3ccccc3)ccc21. The molecule has 3 nitrogen and oxygen atoms in total. The van der Waals surface area contributed by atoms with Gasteiger partial charge >= 0.3 is 0 Å². The van der Waals surface area contributed by atoms with Crippen LogP contribution in [0.25, 0.3) is 6.08 Å². The Morgan fingerprint density at radius 3 is 2.62 bits per heavy atom. The van der Waals surface area contributed by atoms with Gasteiger partial charge in [-0.05, 0) is 41.5 Å². The molecule has 0 saturated heterocycles. The zero-order chi connectivity index (χ0) is 17.9. The number of hydrogen-bond acceptors (Lipinski definition) is 3. The highest BCUT2D eigenvalue weighted by Crippen LogP contribution is 2.35. The third kappa shape index (κ3) is 3.35. The molecule has 1 aliphatic rings. The molecule has 0 radical (unpaired) electrons. The summed E-state index contributed by atoms with van der Waals surface area (Å²) in [5, 5.41) is 0. The van der Waals surface area contributed by atoms with Crippen molar-refractivity contribution in [2.45, 2.75) is 6.61 Å². The van der Waals surface area contributed by atoms with E-state index in [-0.39, 0.29) is 17.4 Å². The van der Waals surface area contributed by atoms with E-state index in [1.807, 2.05) is 30.3 Å². The molecular formula is C22H15FO3. The molecule has 1 aliphatic heterocycles. The predicted molar refractivity (Wildman–Crippen MR) is 96.6 cm³/mol. The molecule has 0 aromatic heterocycles. The minimum Gasteiger partial charge on any atom is -0.489 e. The van der Waals surface area contributed by atoms with Gasteiger partial charge in [-0.25, -0.2) is 4.39 Å². The van der Waals surface area contributed by atoms with Crippen molar-refractivity contribution in [1.29, 1.82) is 0 Å². The first-order chi connectivity index (χ1) is 12.7. The fourth-order valence-corrected chi connectivity index (χ4v) is 2.75. The molecule has 26 heavy (non-hydrogen) atoms. The van der Waals surface area contributed by atoms with Gasteiger partial charge in [0, 0.05) is 6.07 Å². The van der Waals surface area contributed by atoms with Crippen LogP contribution in [0, 0.1) is 5.82 Å². The van der Waals surface area contributed by atoms with Crippen molar-refractivity contribution in [3.05, 3.63) is 101 Å². The molecule has 0 unspecified atom stereocenters. The van der Waals surface area contributed by atoms with Crippen LogP contribution in [0.3, 0.4) is 0 Å². The van der Waals surface area contributed by atoms with Gasteiger partial charge in [-0.2, -0.15) is 0 Å². The second-order valence-electron chi connectivity index (χ2n) is 5.93. The molecule has 0 saturated carbocycles. The van der Waals surface area contributed by atoms with Gasteiger partial charge in [-0.1, -0.05) is 42.5 Å². The number of allylic oxidation sites excluding steroid dienone is 1. The van der Waals surface area contributed by atoms with Crippen molar-refractivity contribution < 1.29 is 18.7 Å². The van der Waals surface area contributed by atoms with Gasteiger partial charge in [0.05, 0.1) is 5.56 Å².